The molecular weight excluding hydrogens is 160 g/mol. The molecule has 1 atom stereocenters. The number of rotatable bonds is 3. The Morgan fingerprint density at radius 1 is 1.23 bits per heavy atom. The predicted octanol–water partition coefficient (Wildman–Crippen LogP) is 3.34. The van der Waals surface area contributed by atoms with Gasteiger partial charge in [-0.15, -0.1) is 0 Å². The molecule has 0 heterocycles. The minimum atomic E-state index is 0.146. The number of ether oxygens (including phenoxy) is 1. The van der Waals surface area contributed by atoms with E-state index >= 15 is 0 Å². The van der Waals surface area contributed by atoms with Gasteiger partial charge in [-0.1, -0.05) is 23.8 Å². The third kappa shape index (κ3) is 3.32. The van der Waals surface area contributed by atoms with Gasteiger partial charge in [0.15, 0.2) is 0 Å². The van der Waals surface area contributed by atoms with Crippen LogP contribution in [0, 0.1) is 6.92 Å². The summed E-state index contributed by atoms with van der Waals surface area (Å²) in [5.41, 5.74) is 1.26. The van der Waals surface area contributed by atoms with Crippen LogP contribution < -0.4 is 4.74 Å². The fraction of sp³-hybridized carbons (Fsp3) is 0.333. The number of hydrogen-bond donors (Lipinski definition) is 0. The minimum absolute atomic E-state index is 0.146. The lowest BCUT2D eigenvalue weighted by Gasteiger charge is -2.10. The second-order valence-electron chi connectivity index (χ2n) is 3.16. The van der Waals surface area contributed by atoms with Crippen LogP contribution in [0.1, 0.15) is 19.4 Å². The van der Waals surface area contributed by atoms with E-state index in [0.29, 0.717) is 0 Å². The van der Waals surface area contributed by atoms with Gasteiger partial charge in [0.25, 0.3) is 0 Å². The number of aryl methyl sites for hydroxylation is 1. The van der Waals surface area contributed by atoms with Crippen LogP contribution in [0.25, 0.3) is 0 Å². The van der Waals surface area contributed by atoms with E-state index in [1.165, 1.54) is 5.56 Å². The SMILES string of the molecule is CC=CC(C)Oc1ccc(C)cc1. The molecule has 70 valence electrons. The van der Waals surface area contributed by atoms with Crippen LogP contribution in [0.3, 0.4) is 0 Å². The van der Waals surface area contributed by atoms with E-state index in [1.54, 1.807) is 0 Å². The molecule has 0 aromatic heterocycles. The molecule has 0 fully saturated rings. The summed E-state index contributed by atoms with van der Waals surface area (Å²) in [6, 6.07) is 8.10. The van der Waals surface area contributed by atoms with E-state index in [9.17, 15) is 0 Å². The van der Waals surface area contributed by atoms with Crippen LogP contribution in [0.2, 0.25) is 0 Å². The topological polar surface area (TPSA) is 9.23 Å². The minimum Gasteiger partial charge on any atom is -0.487 e. The molecule has 0 bridgehead atoms. The average molecular weight is 176 g/mol. The maximum Gasteiger partial charge on any atom is 0.120 e. The first-order valence-corrected chi connectivity index (χ1v) is 4.58. The molecule has 0 radical (unpaired) electrons. The summed E-state index contributed by atoms with van der Waals surface area (Å²) in [5.74, 6) is 0.927. The van der Waals surface area contributed by atoms with Crippen molar-refractivity contribution in [3.05, 3.63) is 42.0 Å². The molecule has 1 aromatic carbocycles. The second-order valence-corrected chi connectivity index (χ2v) is 3.16. The first-order valence-electron chi connectivity index (χ1n) is 4.58. The number of benzene rings is 1. The fourth-order valence-corrected chi connectivity index (χ4v) is 1.14. The third-order valence-corrected chi connectivity index (χ3v) is 1.81. The van der Waals surface area contributed by atoms with Gasteiger partial charge in [-0.3, -0.25) is 0 Å². The van der Waals surface area contributed by atoms with Crippen LogP contribution in [-0.4, -0.2) is 6.10 Å². The largest absolute Gasteiger partial charge is 0.487 e. The Morgan fingerprint density at radius 2 is 1.85 bits per heavy atom. The Hall–Kier alpha value is -1.24. The zero-order valence-electron chi connectivity index (χ0n) is 8.45. The molecule has 1 unspecified atom stereocenters. The molecule has 0 saturated heterocycles. The van der Waals surface area contributed by atoms with E-state index in [2.05, 4.69) is 19.1 Å². The van der Waals surface area contributed by atoms with E-state index < -0.39 is 0 Å². The smallest absolute Gasteiger partial charge is 0.120 e. The Balaban J connectivity index is 2.59. The molecule has 1 aromatic rings. The van der Waals surface area contributed by atoms with Crippen molar-refractivity contribution in [3.63, 3.8) is 0 Å². The summed E-state index contributed by atoms with van der Waals surface area (Å²) < 4.78 is 5.62. The van der Waals surface area contributed by atoms with E-state index in [0.717, 1.165) is 5.75 Å². The standard InChI is InChI=1S/C12H16O/c1-4-5-11(3)13-12-8-6-10(2)7-9-12/h4-9,11H,1-3H3. The zero-order chi connectivity index (χ0) is 9.68. The summed E-state index contributed by atoms with van der Waals surface area (Å²) in [4.78, 5) is 0. The van der Waals surface area contributed by atoms with Gasteiger partial charge in [-0.25, -0.2) is 0 Å². The van der Waals surface area contributed by atoms with Gasteiger partial charge < -0.3 is 4.74 Å². The lowest BCUT2D eigenvalue weighted by atomic mass is 10.2. The molecule has 1 rings (SSSR count). The van der Waals surface area contributed by atoms with Crippen molar-refractivity contribution >= 4 is 0 Å². The van der Waals surface area contributed by atoms with Gasteiger partial charge >= 0.3 is 0 Å². The molecule has 0 amide bonds. The first kappa shape index (κ1) is 9.85. The van der Waals surface area contributed by atoms with Crippen LogP contribution in [0.5, 0.6) is 5.75 Å². The molecule has 0 saturated carbocycles. The van der Waals surface area contributed by atoms with Gasteiger partial charge in [0, 0.05) is 0 Å². The van der Waals surface area contributed by atoms with Crippen molar-refractivity contribution in [3.8, 4) is 5.75 Å². The average Bonchev–Trinajstić information content (AvgIpc) is 2.09. The molecule has 0 aliphatic heterocycles. The van der Waals surface area contributed by atoms with Gasteiger partial charge in [-0.05, 0) is 39.0 Å². The summed E-state index contributed by atoms with van der Waals surface area (Å²) >= 11 is 0. The van der Waals surface area contributed by atoms with Gasteiger partial charge in [0.2, 0.25) is 0 Å². The van der Waals surface area contributed by atoms with Crippen molar-refractivity contribution in [2.24, 2.45) is 0 Å². The predicted molar refractivity (Wildman–Crippen MR) is 56.1 cm³/mol. The summed E-state index contributed by atoms with van der Waals surface area (Å²) in [5, 5.41) is 0. The van der Waals surface area contributed by atoms with Crippen LogP contribution in [0.4, 0.5) is 0 Å². The lowest BCUT2D eigenvalue weighted by Crippen LogP contribution is -2.07. The monoisotopic (exact) mass is 176 g/mol. The number of hydrogen-bond acceptors (Lipinski definition) is 1. The van der Waals surface area contributed by atoms with Crippen molar-refractivity contribution in [1.29, 1.82) is 0 Å². The second kappa shape index (κ2) is 4.70. The molecule has 0 aliphatic rings. The van der Waals surface area contributed by atoms with Crippen molar-refractivity contribution in [2.75, 3.05) is 0 Å². The summed E-state index contributed by atoms with van der Waals surface area (Å²) in [7, 11) is 0. The van der Waals surface area contributed by atoms with E-state index in [4.69, 9.17) is 4.74 Å². The molecule has 1 heteroatoms. The van der Waals surface area contributed by atoms with Crippen LogP contribution in [0.15, 0.2) is 36.4 Å². The van der Waals surface area contributed by atoms with Crippen molar-refractivity contribution in [1.82, 2.24) is 0 Å². The van der Waals surface area contributed by atoms with Crippen molar-refractivity contribution < 1.29 is 4.74 Å². The molecule has 13 heavy (non-hydrogen) atoms. The molecule has 0 spiro atoms. The first-order chi connectivity index (χ1) is 6.22. The maximum absolute atomic E-state index is 5.62. The summed E-state index contributed by atoms with van der Waals surface area (Å²) in [6.45, 7) is 6.09. The third-order valence-electron chi connectivity index (χ3n) is 1.81. The molecule has 0 N–H and O–H groups in total. The van der Waals surface area contributed by atoms with Gasteiger partial charge in [-0.2, -0.15) is 0 Å². The Kier molecular flexibility index (Phi) is 3.56. The van der Waals surface area contributed by atoms with Crippen LogP contribution in [-0.2, 0) is 0 Å². The highest BCUT2D eigenvalue weighted by atomic mass is 16.5. The zero-order valence-corrected chi connectivity index (χ0v) is 8.45. The lowest BCUT2D eigenvalue weighted by molar-refractivity contribution is 0.269. The Labute approximate surface area is 80.0 Å². The quantitative estimate of drug-likeness (QED) is 0.642. The molecule has 0 aliphatic carbocycles. The van der Waals surface area contributed by atoms with Crippen molar-refractivity contribution in [2.45, 2.75) is 26.9 Å². The number of allylic oxidation sites excluding steroid dienone is 1. The molecule has 1 nitrogen and oxygen atoms in total. The summed E-state index contributed by atoms with van der Waals surface area (Å²) in [6.07, 6.45) is 4.17. The van der Waals surface area contributed by atoms with E-state index in [-0.39, 0.29) is 6.10 Å². The normalized spacial score (nSPS) is 13.2. The Morgan fingerprint density at radius 3 is 2.38 bits per heavy atom. The Bertz CT molecular complexity index is 272. The highest BCUT2D eigenvalue weighted by Crippen LogP contribution is 2.13. The maximum atomic E-state index is 5.62. The van der Waals surface area contributed by atoms with Crippen LogP contribution >= 0.6 is 0 Å². The fourth-order valence-electron chi connectivity index (χ4n) is 1.14. The van der Waals surface area contributed by atoms with E-state index in [1.807, 2.05) is 38.1 Å². The van der Waals surface area contributed by atoms with Gasteiger partial charge in [0.1, 0.15) is 11.9 Å². The highest BCUT2D eigenvalue weighted by molar-refractivity contribution is 5.26. The molecular formula is C12H16O. The highest BCUT2D eigenvalue weighted by Gasteiger charge is 1.97. The van der Waals surface area contributed by atoms with Gasteiger partial charge in [0.05, 0.1) is 0 Å².